The van der Waals surface area contributed by atoms with Gasteiger partial charge in [-0.3, -0.25) is 0 Å². The summed E-state index contributed by atoms with van der Waals surface area (Å²) in [5.41, 5.74) is 1.42. The summed E-state index contributed by atoms with van der Waals surface area (Å²) in [6.07, 6.45) is 8.10. The molecule has 1 N–H and O–H groups in total. The summed E-state index contributed by atoms with van der Waals surface area (Å²) in [6.45, 7) is 4.69. The van der Waals surface area contributed by atoms with Gasteiger partial charge in [-0.25, -0.2) is 0 Å². The van der Waals surface area contributed by atoms with Crippen molar-refractivity contribution in [1.82, 2.24) is 5.32 Å². The first kappa shape index (κ1) is 15.1. The van der Waals surface area contributed by atoms with Crippen LogP contribution in [0.15, 0.2) is 28.7 Å². The minimum Gasteiger partial charge on any atom is -0.307 e. The molecule has 0 radical (unpaired) electrons. The molecule has 0 bridgehead atoms. The van der Waals surface area contributed by atoms with Gasteiger partial charge >= 0.3 is 0 Å². The fraction of sp³-hybridized carbons (Fsp3) is 0.647. The van der Waals surface area contributed by atoms with Gasteiger partial charge in [0.05, 0.1) is 0 Å². The Morgan fingerprint density at radius 2 is 1.84 bits per heavy atom. The van der Waals surface area contributed by atoms with Gasteiger partial charge in [0, 0.05) is 16.6 Å². The van der Waals surface area contributed by atoms with Gasteiger partial charge in [-0.15, -0.1) is 0 Å². The van der Waals surface area contributed by atoms with Crippen molar-refractivity contribution in [3.05, 3.63) is 34.3 Å². The highest BCUT2D eigenvalue weighted by atomic mass is 79.9. The van der Waals surface area contributed by atoms with Crippen LogP contribution in [-0.4, -0.2) is 6.04 Å². The largest absolute Gasteiger partial charge is 0.307 e. The lowest BCUT2D eigenvalue weighted by atomic mass is 9.94. The van der Waals surface area contributed by atoms with Gasteiger partial charge in [0.2, 0.25) is 0 Å². The summed E-state index contributed by atoms with van der Waals surface area (Å²) in [5, 5.41) is 3.92. The Kier molecular flexibility index (Phi) is 5.90. The molecule has 106 valence electrons. The predicted molar refractivity (Wildman–Crippen MR) is 86.3 cm³/mol. The minimum atomic E-state index is 0.499. The topological polar surface area (TPSA) is 12.0 Å². The lowest BCUT2D eigenvalue weighted by Crippen LogP contribution is -2.37. The highest BCUT2D eigenvalue weighted by molar-refractivity contribution is 9.10. The molecule has 3 atom stereocenters. The van der Waals surface area contributed by atoms with Gasteiger partial charge < -0.3 is 5.32 Å². The standard InChI is InChI=1S/C17H26BrN/c1-3-16(14-9-11-15(18)12-10-14)19-17-8-6-4-5-7-13(17)2/h9-13,16-17,19H,3-8H2,1-2H3. The van der Waals surface area contributed by atoms with E-state index in [0.29, 0.717) is 12.1 Å². The van der Waals surface area contributed by atoms with Crippen LogP contribution >= 0.6 is 15.9 Å². The summed E-state index contributed by atoms with van der Waals surface area (Å²) in [5.74, 6) is 0.812. The molecule has 2 rings (SSSR count). The first-order valence-corrected chi connectivity index (χ1v) is 8.51. The van der Waals surface area contributed by atoms with Crippen LogP contribution < -0.4 is 5.32 Å². The van der Waals surface area contributed by atoms with Crippen molar-refractivity contribution in [2.45, 2.75) is 64.5 Å². The zero-order valence-electron chi connectivity index (χ0n) is 12.2. The highest BCUT2D eigenvalue weighted by Crippen LogP contribution is 2.27. The third-order valence-electron chi connectivity index (χ3n) is 4.46. The van der Waals surface area contributed by atoms with Crippen molar-refractivity contribution in [1.29, 1.82) is 0 Å². The number of benzene rings is 1. The normalized spacial score (nSPS) is 25.8. The van der Waals surface area contributed by atoms with Gasteiger partial charge in [0.15, 0.2) is 0 Å². The second kappa shape index (κ2) is 7.44. The Morgan fingerprint density at radius 1 is 1.16 bits per heavy atom. The van der Waals surface area contributed by atoms with Gasteiger partial charge in [-0.1, -0.05) is 61.2 Å². The van der Waals surface area contributed by atoms with E-state index in [9.17, 15) is 0 Å². The lowest BCUT2D eigenvalue weighted by Gasteiger charge is -2.28. The van der Waals surface area contributed by atoms with Crippen molar-refractivity contribution in [2.75, 3.05) is 0 Å². The molecular weight excluding hydrogens is 298 g/mol. The van der Waals surface area contributed by atoms with E-state index < -0.39 is 0 Å². The van der Waals surface area contributed by atoms with E-state index in [2.05, 4.69) is 59.4 Å². The van der Waals surface area contributed by atoms with E-state index in [1.54, 1.807) is 0 Å². The molecule has 2 heteroatoms. The monoisotopic (exact) mass is 323 g/mol. The van der Waals surface area contributed by atoms with Crippen molar-refractivity contribution < 1.29 is 0 Å². The van der Waals surface area contributed by atoms with Crippen LogP contribution in [-0.2, 0) is 0 Å². The number of hydrogen-bond acceptors (Lipinski definition) is 1. The molecule has 19 heavy (non-hydrogen) atoms. The van der Waals surface area contributed by atoms with Crippen LogP contribution in [0.5, 0.6) is 0 Å². The number of halogens is 1. The van der Waals surface area contributed by atoms with E-state index in [1.807, 2.05) is 0 Å². The molecule has 1 saturated carbocycles. The average molecular weight is 324 g/mol. The summed E-state index contributed by atoms with van der Waals surface area (Å²) >= 11 is 3.51. The summed E-state index contributed by atoms with van der Waals surface area (Å²) in [6, 6.07) is 9.97. The van der Waals surface area contributed by atoms with Gasteiger partial charge in [-0.05, 0) is 42.9 Å². The Hall–Kier alpha value is -0.340. The van der Waals surface area contributed by atoms with Gasteiger partial charge in [-0.2, -0.15) is 0 Å². The van der Waals surface area contributed by atoms with Gasteiger partial charge in [0.25, 0.3) is 0 Å². The number of nitrogens with one attached hydrogen (secondary N) is 1. The number of hydrogen-bond donors (Lipinski definition) is 1. The van der Waals surface area contributed by atoms with E-state index in [1.165, 1.54) is 37.7 Å². The molecule has 3 unspecified atom stereocenters. The minimum absolute atomic E-state index is 0.499. The maximum Gasteiger partial charge on any atom is 0.0320 e. The molecule has 1 nitrogen and oxygen atoms in total. The van der Waals surface area contributed by atoms with Crippen LogP contribution in [0.3, 0.4) is 0 Å². The van der Waals surface area contributed by atoms with Crippen LogP contribution in [0, 0.1) is 5.92 Å². The second-order valence-electron chi connectivity index (χ2n) is 5.90. The molecule has 1 fully saturated rings. The Balaban J connectivity index is 2.03. The number of rotatable bonds is 4. The first-order valence-electron chi connectivity index (χ1n) is 7.72. The Bertz CT molecular complexity index is 373. The molecule has 1 aliphatic rings. The fourth-order valence-electron chi connectivity index (χ4n) is 3.14. The molecule has 0 saturated heterocycles. The predicted octanol–water partition coefficient (Wildman–Crippen LogP) is 5.46. The van der Waals surface area contributed by atoms with E-state index in [-0.39, 0.29) is 0 Å². The van der Waals surface area contributed by atoms with Gasteiger partial charge in [0.1, 0.15) is 0 Å². The molecule has 0 aromatic heterocycles. The second-order valence-corrected chi connectivity index (χ2v) is 6.82. The Morgan fingerprint density at radius 3 is 2.53 bits per heavy atom. The molecular formula is C17H26BrN. The quantitative estimate of drug-likeness (QED) is 0.725. The lowest BCUT2D eigenvalue weighted by molar-refractivity contribution is 0.318. The first-order chi connectivity index (χ1) is 9.20. The highest BCUT2D eigenvalue weighted by Gasteiger charge is 2.22. The van der Waals surface area contributed by atoms with Crippen molar-refractivity contribution in [3.8, 4) is 0 Å². The van der Waals surface area contributed by atoms with Crippen LogP contribution in [0.1, 0.15) is 64.0 Å². The maximum atomic E-state index is 3.92. The molecule has 0 spiro atoms. The van der Waals surface area contributed by atoms with E-state index in [0.717, 1.165) is 16.8 Å². The SMILES string of the molecule is CCC(NC1CCCCCC1C)c1ccc(Br)cc1. The zero-order valence-corrected chi connectivity index (χ0v) is 13.7. The van der Waals surface area contributed by atoms with Crippen molar-refractivity contribution in [3.63, 3.8) is 0 Å². The van der Waals surface area contributed by atoms with E-state index in [4.69, 9.17) is 0 Å². The third kappa shape index (κ3) is 4.32. The molecule has 1 aliphatic carbocycles. The zero-order chi connectivity index (χ0) is 13.7. The molecule has 0 amide bonds. The van der Waals surface area contributed by atoms with Crippen LogP contribution in [0.25, 0.3) is 0 Å². The molecule has 0 heterocycles. The smallest absolute Gasteiger partial charge is 0.0320 e. The Labute approximate surface area is 126 Å². The summed E-state index contributed by atoms with van der Waals surface area (Å²) in [7, 11) is 0. The average Bonchev–Trinajstić information content (AvgIpc) is 2.62. The van der Waals surface area contributed by atoms with Crippen molar-refractivity contribution >= 4 is 15.9 Å². The summed E-state index contributed by atoms with van der Waals surface area (Å²) in [4.78, 5) is 0. The maximum absolute atomic E-state index is 3.92. The molecule has 1 aromatic rings. The van der Waals surface area contributed by atoms with Crippen molar-refractivity contribution in [2.24, 2.45) is 5.92 Å². The van der Waals surface area contributed by atoms with E-state index >= 15 is 0 Å². The molecule has 1 aromatic carbocycles. The molecule has 0 aliphatic heterocycles. The van der Waals surface area contributed by atoms with Crippen LogP contribution in [0.2, 0.25) is 0 Å². The summed E-state index contributed by atoms with van der Waals surface area (Å²) < 4.78 is 1.16. The fourth-order valence-corrected chi connectivity index (χ4v) is 3.41. The third-order valence-corrected chi connectivity index (χ3v) is 4.99. The van der Waals surface area contributed by atoms with Crippen LogP contribution in [0.4, 0.5) is 0 Å².